The first kappa shape index (κ1) is 17.2. The van der Waals surface area contributed by atoms with Crippen molar-refractivity contribution in [2.24, 2.45) is 0 Å². The summed E-state index contributed by atoms with van der Waals surface area (Å²) in [5, 5.41) is 0. The summed E-state index contributed by atoms with van der Waals surface area (Å²) in [6.45, 7) is 7.06. The van der Waals surface area contributed by atoms with Gasteiger partial charge in [0.05, 0.1) is 20.1 Å². The van der Waals surface area contributed by atoms with Crippen LogP contribution in [-0.2, 0) is 0 Å². The van der Waals surface area contributed by atoms with E-state index in [2.05, 4.69) is 20.9 Å². The highest BCUT2D eigenvalue weighted by Crippen LogP contribution is 2.13. The van der Waals surface area contributed by atoms with Crippen LogP contribution in [0.3, 0.4) is 0 Å². The third kappa shape index (κ3) is 9.91. The van der Waals surface area contributed by atoms with Crippen molar-refractivity contribution in [3.05, 3.63) is 0 Å². The van der Waals surface area contributed by atoms with Crippen LogP contribution in [0.25, 0.3) is 0 Å². The topological polar surface area (TPSA) is 0 Å². The molecule has 0 amide bonds. The number of hydrogen-bond donors (Lipinski definition) is 0. The first-order valence-corrected chi connectivity index (χ1v) is 8.11. The standard InChI is InChI=1S/C15H33ClN/c1-4-6-8-10-12-14-17(3,15-16)13-11-9-7-5-2/h4-15H2,1-3H3/q+1. The van der Waals surface area contributed by atoms with E-state index < -0.39 is 0 Å². The van der Waals surface area contributed by atoms with E-state index in [1.807, 2.05) is 0 Å². The second-order valence-corrected chi connectivity index (χ2v) is 5.90. The monoisotopic (exact) mass is 262 g/mol. The zero-order valence-electron chi connectivity index (χ0n) is 12.3. The Hall–Kier alpha value is 0.250. The van der Waals surface area contributed by atoms with Crippen molar-refractivity contribution >= 4 is 11.6 Å². The summed E-state index contributed by atoms with van der Waals surface area (Å²) in [5.74, 6) is 0. The third-order valence-electron chi connectivity index (χ3n) is 3.64. The van der Waals surface area contributed by atoms with Crippen LogP contribution in [0, 0.1) is 0 Å². The highest BCUT2D eigenvalue weighted by molar-refractivity contribution is 6.16. The number of nitrogens with zero attached hydrogens (tertiary/aromatic N) is 1. The van der Waals surface area contributed by atoms with Crippen LogP contribution >= 0.6 is 11.6 Å². The van der Waals surface area contributed by atoms with Crippen molar-refractivity contribution in [3.8, 4) is 0 Å². The van der Waals surface area contributed by atoms with Crippen LogP contribution in [-0.4, -0.2) is 30.6 Å². The lowest BCUT2D eigenvalue weighted by molar-refractivity contribution is -0.899. The van der Waals surface area contributed by atoms with Gasteiger partial charge < -0.3 is 4.48 Å². The maximum atomic E-state index is 6.13. The van der Waals surface area contributed by atoms with Crippen LogP contribution in [0.4, 0.5) is 0 Å². The molecule has 1 nitrogen and oxygen atoms in total. The van der Waals surface area contributed by atoms with Gasteiger partial charge in [0.2, 0.25) is 0 Å². The summed E-state index contributed by atoms with van der Waals surface area (Å²) in [7, 11) is 2.32. The van der Waals surface area contributed by atoms with E-state index in [4.69, 9.17) is 11.6 Å². The third-order valence-corrected chi connectivity index (χ3v) is 4.22. The fourth-order valence-electron chi connectivity index (χ4n) is 2.25. The lowest BCUT2D eigenvalue weighted by Crippen LogP contribution is -2.44. The van der Waals surface area contributed by atoms with Gasteiger partial charge in [-0.3, -0.25) is 0 Å². The molecule has 0 aromatic heterocycles. The molecule has 0 spiro atoms. The molecule has 0 radical (unpaired) electrons. The van der Waals surface area contributed by atoms with Crippen LogP contribution in [0.15, 0.2) is 0 Å². The van der Waals surface area contributed by atoms with E-state index >= 15 is 0 Å². The van der Waals surface area contributed by atoms with Gasteiger partial charge in [-0.25, -0.2) is 0 Å². The zero-order valence-corrected chi connectivity index (χ0v) is 13.1. The minimum atomic E-state index is 0.778. The van der Waals surface area contributed by atoms with Crippen LogP contribution in [0.2, 0.25) is 0 Å². The zero-order chi connectivity index (χ0) is 13.0. The Morgan fingerprint density at radius 3 is 1.53 bits per heavy atom. The van der Waals surface area contributed by atoms with Gasteiger partial charge in [0.25, 0.3) is 0 Å². The molecule has 0 saturated carbocycles. The molecule has 0 aliphatic heterocycles. The number of unbranched alkanes of at least 4 members (excludes halogenated alkanes) is 7. The fraction of sp³-hybridized carbons (Fsp3) is 1.00. The van der Waals surface area contributed by atoms with Crippen molar-refractivity contribution in [2.45, 2.75) is 71.6 Å². The lowest BCUT2D eigenvalue weighted by Gasteiger charge is -2.32. The van der Waals surface area contributed by atoms with E-state index in [9.17, 15) is 0 Å². The fourth-order valence-corrected chi connectivity index (χ4v) is 2.49. The highest BCUT2D eigenvalue weighted by atomic mass is 35.5. The average Bonchev–Trinajstić information content (AvgIpc) is 2.34. The predicted octanol–water partition coefficient (Wildman–Crippen LogP) is 5.18. The van der Waals surface area contributed by atoms with Crippen LogP contribution in [0.5, 0.6) is 0 Å². The molecule has 1 atom stereocenters. The van der Waals surface area contributed by atoms with Gasteiger partial charge in [-0.2, -0.15) is 0 Å². The summed E-state index contributed by atoms with van der Waals surface area (Å²) in [5.41, 5.74) is 0. The summed E-state index contributed by atoms with van der Waals surface area (Å²) < 4.78 is 1.07. The molecule has 0 aromatic rings. The summed E-state index contributed by atoms with van der Waals surface area (Å²) in [6, 6.07) is 0.778. The molecule has 0 heterocycles. The van der Waals surface area contributed by atoms with Gasteiger partial charge in [0.1, 0.15) is 0 Å². The first-order chi connectivity index (χ1) is 8.18. The van der Waals surface area contributed by atoms with Crippen molar-refractivity contribution < 1.29 is 4.48 Å². The van der Waals surface area contributed by atoms with Crippen LogP contribution in [0.1, 0.15) is 71.6 Å². The van der Waals surface area contributed by atoms with Gasteiger partial charge in [-0.15, -0.1) is 0 Å². The molecule has 0 N–H and O–H groups in total. The van der Waals surface area contributed by atoms with E-state index in [1.165, 1.54) is 70.9 Å². The first-order valence-electron chi connectivity index (χ1n) is 7.58. The Morgan fingerprint density at radius 1 is 0.706 bits per heavy atom. The smallest absolute Gasteiger partial charge is 0.154 e. The second kappa shape index (κ2) is 11.3. The van der Waals surface area contributed by atoms with Gasteiger partial charge in [0, 0.05) is 0 Å². The average molecular weight is 263 g/mol. The molecule has 17 heavy (non-hydrogen) atoms. The lowest BCUT2D eigenvalue weighted by atomic mass is 10.1. The van der Waals surface area contributed by atoms with E-state index in [-0.39, 0.29) is 0 Å². The van der Waals surface area contributed by atoms with E-state index in [0.29, 0.717) is 0 Å². The van der Waals surface area contributed by atoms with Gasteiger partial charge in [0.15, 0.2) is 6.00 Å². The Bertz CT molecular complexity index is 161. The predicted molar refractivity (Wildman–Crippen MR) is 79.5 cm³/mol. The Morgan fingerprint density at radius 2 is 1.12 bits per heavy atom. The summed E-state index contributed by atoms with van der Waals surface area (Å²) in [4.78, 5) is 0. The summed E-state index contributed by atoms with van der Waals surface area (Å²) >= 11 is 6.13. The number of alkyl halides is 1. The largest absolute Gasteiger partial charge is 0.313 e. The van der Waals surface area contributed by atoms with Gasteiger partial charge in [-0.1, -0.05) is 57.6 Å². The molecule has 0 rings (SSSR count). The number of quaternary nitrogens is 1. The number of rotatable bonds is 12. The SMILES string of the molecule is CCCCCCC[N+](C)(CCl)CCCCCC. The molecule has 0 bridgehead atoms. The van der Waals surface area contributed by atoms with E-state index in [0.717, 1.165) is 10.5 Å². The van der Waals surface area contributed by atoms with Crippen molar-refractivity contribution in [3.63, 3.8) is 0 Å². The Kier molecular flexibility index (Phi) is 11.5. The minimum Gasteiger partial charge on any atom is -0.313 e. The van der Waals surface area contributed by atoms with Crippen molar-refractivity contribution in [1.82, 2.24) is 0 Å². The molecule has 0 aliphatic carbocycles. The molecule has 0 saturated heterocycles. The van der Waals surface area contributed by atoms with Crippen molar-refractivity contribution in [1.29, 1.82) is 0 Å². The van der Waals surface area contributed by atoms with Crippen LogP contribution < -0.4 is 0 Å². The maximum absolute atomic E-state index is 6.13. The molecular weight excluding hydrogens is 230 g/mol. The molecule has 0 aliphatic rings. The van der Waals surface area contributed by atoms with Gasteiger partial charge in [-0.05, 0) is 25.7 Å². The van der Waals surface area contributed by atoms with Crippen molar-refractivity contribution in [2.75, 3.05) is 26.1 Å². The van der Waals surface area contributed by atoms with Gasteiger partial charge >= 0.3 is 0 Å². The number of hydrogen-bond acceptors (Lipinski definition) is 0. The maximum Gasteiger partial charge on any atom is 0.154 e. The second-order valence-electron chi connectivity index (χ2n) is 5.66. The number of halogens is 1. The van der Waals surface area contributed by atoms with E-state index in [1.54, 1.807) is 0 Å². The Balaban J connectivity index is 3.61. The minimum absolute atomic E-state index is 0.778. The molecule has 2 heteroatoms. The quantitative estimate of drug-likeness (QED) is 0.197. The Labute approximate surface area is 114 Å². The summed E-state index contributed by atoms with van der Waals surface area (Å²) in [6.07, 6.45) is 12.3. The normalized spacial score (nSPS) is 14.8. The highest BCUT2D eigenvalue weighted by Gasteiger charge is 2.18. The molecular formula is C15H33ClN+. The molecule has 0 aromatic carbocycles. The molecule has 0 fully saturated rings. The molecule has 1 unspecified atom stereocenters. The molecule has 104 valence electrons.